The summed E-state index contributed by atoms with van der Waals surface area (Å²) in [7, 11) is 0. The first-order chi connectivity index (χ1) is 5.76. The Hall–Kier alpha value is -0.180. The molecule has 12 heavy (non-hydrogen) atoms. The number of nitrogens with zero attached hydrogens (tertiary/aromatic N) is 1. The van der Waals surface area contributed by atoms with Crippen LogP contribution in [0.15, 0.2) is 4.99 Å². The van der Waals surface area contributed by atoms with E-state index in [1.807, 2.05) is 11.8 Å². The summed E-state index contributed by atoms with van der Waals surface area (Å²) in [6, 6.07) is 1.12. The molecule has 1 heterocycles. The van der Waals surface area contributed by atoms with Gasteiger partial charge < -0.3 is 5.32 Å². The van der Waals surface area contributed by atoms with Gasteiger partial charge in [-0.25, -0.2) is 0 Å². The Balaban J connectivity index is 2.34. The zero-order valence-corrected chi connectivity index (χ0v) is 8.95. The highest BCUT2D eigenvalue weighted by Gasteiger charge is 2.16. The van der Waals surface area contributed by atoms with Crippen molar-refractivity contribution in [2.45, 2.75) is 45.7 Å². The Morgan fingerprint density at radius 2 is 2.42 bits per heavy atom. The second-order valence-electron chi connectivity index (χ2n) is 3.26. The van der Waals surface area contributed by atoms with Crippen molar-refractivity contribution in [3.05, 3.63) is 0 Å². The van der Waals surface area contributed by atoms with Gasteiger partial charge in [0.25, 0.3) is 0 Å². The van der Waals surface area contributed by atoms with Crippen molar-refractivity contribution in [3.63, 3.8) is 0 Å². The van der Waals surface area contributed by atoms with Gasteiger partial charge in [0.2, 0.25) is 0 Å². The highest BCUT2D eigenvalue weighted by Crippen LogP contribution is 2.18. The van der Waals surface area contributed by atoms with Crippen molar-refractivity contribution in [2.75, 3.05) is 5.75 Å². The Morgan fingerprint density at radius 3 is 2.92 bits per heavy atom. The first-order valence-electron chi connectivity index (χ1n) is 4.73. The molecule has 0 fully saturated rings. The van der Waals surface area contributed by atoms with Gasteiger partial charge in [-0.2, -0.15) is 0 Å². The van der Waals surface area contributed by atoms with Crippen molar-refractivity contribution in [2.24, 2.45) is 4.99 Å². The van der Waals surface area contributed by atoms with E-state index in [4.69, 9.17) is 0 Å². The van der Waals surface area contributed by atoms with Crippen molar-refractivity contribution < 1.29 is 0 Å². The summed E-state index contributed by atoms with van der Waals surface area (Å²) in [5, 5.41) is 4.56. The summed E-state index contributed by atoms with van der Waals surface area (Å²) in [5.41, 5.74) is 0. The zero-order chi connectivity index (χ0) is 8.97. The van der Waals surface area contributed by atoms with Gasteiger partial charge in [-0.05, 0) is 19.8 Å². The average Bonchev–Trinajstić information content (AvgIpc) is 2.52. The van der Waals surface area contributed by atoms with Gasteiger partial charge in [-0.1, -0.05) is 25.6 Å². The topological polar surface area (TPSA) is 24.4 Å². The normalized spacial score (nSPS) is 25.2. The summed E-state index contributed by atoms with van der Waals surface area (Å²) in [5.74, 6) is 1.16. The zero-order valence-electron chi connectivity index (χ0n) is 8.13. The lowest BCUT2D eigenvalue weighted by atomic mass is 10.3. The molecule has 0 radical (unpaired) electrons. The van der Waals surface area contributed by atoms with Crippen LogP contribution in [0.2, 0.25) is 0 Å². The van der Waals surface area contributed by atoms with E-state index in [0.29, 0.717) is 12.1 Å². The molecular weight excluding hydrogens is 168 g/mol. The quantitative estimate of drug-likeness (QED) is 0.731. The first kappa shape index (κ1) is 9.90. The minimum Gasteiger partial charge on any atom is -0.362 e. The Morgan fingerprint density at radius 1 is 1.67 bits per heavy atom. The third kappa shape index (κ3) is 2.70. The standard InChI is InChI=1S/C9H18N2S/c1-4-7(3)10-9-11-8(5-2)6-12-9/h7-8H,4-6H2,1-3H3,(H,10,11). The molecule has 3 heteroatoms. The van der Waals surface area contributed by atoms with Crippen LogP contribution >= 0.6 is 11.8 Å². The fourth-order valence-corrected chi connectivity index (χ4v) is 2.19. The minimum atomic E-state index is 0.557. The minimum absolute atomic E-state index is 0.557. The van der Waals surface area contributed by atoms with Crippen molar-refractivity contribution >= 4 is 16.9 Å². The van der Waals surface area contributed by atoms with E-state index in [2.05, 4.69) is 31.1 Å². The van der Waals surface area contributed by atoms with Gasteiger partial charge in [0.1, 0.15) is 0 Å². The first-order valence-corrected chi connectivity index (χ1v) is 5.72. The van der Waals surface area contributed by atoms with Crippen LogP contribution in [0.25, 0.3) is 0 Å². The monoisotopic (exact) mass is 186 g/mol. The maximum atomic E-state index is 4.56. The summed E-state index contributed by atoms with van der Waals surface area (Å²) < 4.78 is 0. The number of rotatable bonds is 3. The number of nitrogens with one attached hydrogen (secondary N) is 1. The largest absolute Gasteiger partial charge is 0.362 e. The summed E-state index contributed by atoms with van der Waals surface area (Å²) in [4.78, 5) is 4.56. The third-order valence-corrected chi connectivity index (χ3v) is 3.21. The molecule has 2 nitrogen and oxygen atoms in total. The molecule has 0 amide bonds. The number of aliphatic imine (C=N–C) groups is 1. The fourth-order valence-electron chi connectivity index (χ4n) is 1.02. The molecule has 0 spiro atoms. The van der Waals surface area contributed by atoms with Crippen LogP contribution in [0.5, 0.6) is 0 Å². The van der Waals surface area contributed by atoms with Crippen molar-refractivity contribution in [3.8, 4) is 0 Å². The highest BCUT2D eigenvalue weighted by atomic mass is 32.2. The maximum absolute atomic E-state index is 4.56. The molecule has 0 aromatic rings. The predicted octanol–water partition coefficient (Wildman–Crippen LogP) is 2.26. The fraction of sp³-hybridized carbons (Fsp3) is 0.889. The molecule has 2 unspecified atom stereocenters. The van der Waals surface area contributed by atoms with Crippen LogP contribution in [0.3, 0.4) is 0 Å². The molecule has 0 saturated carbocycles. The van der Waals surface area contributed by atoms with Crippen LogP contribution < -0.4 is 5.32 Å². The molecule has 70 valence electrons. The lowest BCUT2D eigenvalue weighted by Crippen LogP contribution is -2.28. The highest BCUT2D eigenvalue weighted by molar-refractivity contribution is 8.14. The molecule has 2 atom stereocenters. The molecule has 0 bridgehead atoms. The molecule has 1 rings (SSSR count). The molecule has 1 N–H and O–H groups in total. The van der Waals surface area contributed by atoms with E-state index in [1.54, 1.807) is 0 Å². The van der Waals surface area contributed by atoms with E-state index in [1.165, 1.54) is 6.42 Å². The van der Waals surface area contributed by atoms with Gasteiger partial charge in [0.05, 0.1) is 6.04 Å². The second kappa shape index (κ2) is 4.75. The van der Waals surface area contributed by atoms with Gasteiger partial charge in [-0.15, -0.1) is 0 Å². The number of hydrogen-bond donors (Lipinski definition) is 1. The Labute approximate surface area is 79.2 Å². The lowest BCUT2D eigenvalue weighted by molar-refractivity contribution is 0.641. The molecule has 0 aliphatic carbocycles. The lowest BCUT2D eigenvalue weighted by Gasteiger charge is -2.10. The Kier molecular flexibility index (Phi) is 3.92. The molecule has 1 aliphatic heterocycles. The van der Waals surface area contributed by atoms with E-state index in [0.717, 1.165) is 17.3 Å². The summed E-state index contributed by atoms with van der Waals surface area (Å²) in [6.45, 7) is 6.58. The smallest absolute Gasteiger partial charge is 0.157 e. The van der Waals surface area contributed by atoms with Gasteiger partial charge in [0, 0.05) is 11.8 Å². The van der Waals surface area contributed by atoms with Crippen LogP contribution in [0.4, 0.5) is 0 Å². The number of amidine groups is 1. The molecular formula is C9H18N2S. The van der Waals surface area contributed by atoms with Crippen LogP contribution in [-0.4, -0.2) is 23.0 Å². The summed E-state index contributed by atoms with van der Waals surface area (Å²) in [6.07, 6.45) is 2.33. The SMILES string of the molecule is CCC1CSC(NC(C)CC)=N1. The maximum Gasteiger partial charge on any atom is 0.157 e. The van der Waals surface area contributed by atoms with Crippen molar-refractivity contribution in [1.82, 2.24) is 5.32 Å². The van der Waals surface area contributed by atoms with Gasteiger partial charge in [-0.3, -0.25) is 4.99 Å². The molecule has 0 aromatic carbocycles. The third-order valence-electron chi connectivity index (χ3n) is 2.17. The number of hydrogen-bond acceptors (Lipinski definition) is 3. The average molecular weight is 186 g/mol. The second-order valence-corrected chi connectivity index (χ2v) is 4.27. The van der Waals surface area contributed by atoms with Gasteiger partial charge >= 0.3 is 0 Å². The van der Waals surface area contributed by atoms with E-state index in [-0.39, 0.29) is 0 Å². The number of thioether (sulfide) groups is 1. The van der Waals surface area contributed by atoms with Crippen LogP contribution in [0.1, 0.15) is 33.6 Å². The summed E-state index contributed by atoms with van der Waals surface area (Å²) >= 11 is 1.86. The van der Waals surface area contributed by atoms with Crippen LogP contribution in [-0.2, 0) is 0 Å². The molecule has 0 aromatic heterocycles. The Bertz CT molecular complexity index is 168. The molecule has 0 saturated heterocycles. The van der Waals surface area contributed by atoms with E-state index in [9.17, 15) is 0 Å². The van der Waals surface area contributed by atoms with Crippen molar-refractivity contribution in [1.29, 1.82) is 0 Å². The molecule has 1 aliphatic rings. The van der Waals surface area contributed by atoms with E-state index < -0.39 is 0 Å². The van der Waals surface area contributed by atoms with Crippen LogP contribution in [0, 0.1) is 0 Å². The van der Waals surface area contributed by atoms with Gasteiger partial charge in [0.15, 0.2) is 5.17 Å². The predicted molar refractivity (Wildman–Crippen MR) is 56.9 cm³/mol. The van der Waals surface area contributed by atoms with E-state index >= 15 is 0 Å².